The topological polar surface area (TPSA) is 121 Å². The molecule has 0 atom stereocenters. The fourth-order valence-corrected chi connectivity index (χ4v) is 8.20. The van der Waals surface area contributed by atoms with Crippen LogP contribution in [0.2, 0.25) is 0 Å². The highest BCUT2D eigenvalue weighted by molar-refractivity contribution is 5.40. The van der Waals surface area contributed by atoms with Crippen molar-refractivity contribution < 1.29 is 309 Å². The van der Waals surface area contributed by atoms with Gasteiger partial charge < -0.3 is 28.7 Å². The molecule has 0 aromatic carbocycles. The molecule has 0 amide bonds. The van der Waals surface area contributed by atoms with Crippen LogP contribution in [0.3, 0.4) is 0 Å². The first-order valence-electron chi connectivity index (χ1n) is 28.8. The van der Waals surface area contributed by atoms with Gasteiger partial charge in [-0.15, -0.1) is 9.97 Å². The highest BCUT2D eigenvalue weighted by atomic mass is 19.4. The summed E-state index contributed by atoms with van der Waals surface area (Å²) in [6, 6.07) is -13.5. The molecular weight excluding hydrogens is 1990 g/mol. The lowest BCUT2D eigenvalue weighted by Crippen LogP contribution is -2.74. The molecule has 0 aliphatic carbocycles. The van der Waals surface area contributed by atoms with Crippen LogP contribution in [0.4, 0.5) is 302 Å². The van der Waals surface area contributed by atoms with Gasteiger partial charge in [-0.05, 0) is 0 Å². The molecule has 0 spiro atoms. The maximum atomic E-state index is 16.0. The molecule has 734 valence electrons. The molecule has 2 aromatic rings. The van der Waals surface area contributed by atoms with E-state index in [2.05, 4.69) is 38.9 Å². The lowest BCUT2D eigenvalue weighted by molar-refractivity contribution is -0.447. The Morgan fingerprint density at radius 1 is 0.208 bits per heavy atom. The quantitative estimate of drug-likeness (QED) is 0.0589. The fourth-order valence-electron chi connectivity index (χ4n) is 8.20. The van der Waals surface area contributed by atoms with Crippen molar-refractivity contribution >= 4 is 11.9 Å². The number of nitrogens with zero attached hydrogens (tertiary/aromatic N) is 8. The molecule has 1 saturated heterocycles. The largest absolute Gasteiger partial charge is 0.457 e. The maximum absolute atomic E-state index is 16.0. The van der Waals surface area contributed by atoms with Gasteiger partial charge in [0.2, 0.25) is 11.9 Å². The van der Waals surface area contributed by atoms with Crippen LogP contribution in [0.1, 0.15) is 0 Å². The van der Waals surface area contributed by atoms with E-state index in [9.17, 15) is 246 Å². The second-order valence-corrected chi connectivity index (χ2v) is 24.3. The first kappa shape index (κ1) is 111. The van der Waals surface area contributed by atoms with E-state index in [0.717, 1.165) is 0 Å². The second-order valence-electron chi connectivity index (χ2n) is 24.3. The van der Waals surface area contributed by atoms with Crippen molar-refractivity contribution in [2.75, 3.05) is 62.4 Å². The van der Waals surface area contributed by atoms with Gasteiger partial charge in [0.25, 0.3) is 5.92 Å². The summed E-state index contributed by atoms with van der Waals surface area (Å²) >= 11 is 0. The summed E-state index contributed by atoms with van der Waals surface area (Å²) in [5.74, 6) is -260. The van der Waals surface area contributed by atoms with Crippen LogP contribution in [-0.2, 0) is 0 Å². The van der Waals surface area contributed by atoms with E-state index < -0.39 is 296 Å². The zero-order chi connectivity index (χ0) is 100. The lowest BCUT2D eigenvalue weighted by atomic mass is 9.89. The Morgan fingerprint density at radius 2 is 0.336 bits per heavy atom. The molecule has 0 radical (unpaired) electrons. The molecule has 78 heteroatoms. The SMILES string of the molecule is FC(F)C(F)(F)C(F)(F)C(F)(F)C(F)(F)C(F)(F)C(F)(F)C(F)(F)COc1nc(OCC(F)(F)C(F)(F)C(F)(F)C(F)(F)C(F)(F)C(F)(F)C(F)(F)C(F)F)nc(N2CCN(c3nc(OCC(F)(F)C(F)(F)C(F)(F)C(F)(F)C(F)(F)C(F)(F)C(F)(F)C(F)F)nc(OCC(F)(F)C(F)(F)C(F)(F)C(F)(F)C(F)(F)C(F)(F)C(F)(F)C(F)F)n3)CC(F)(F)C2)n1. The summed E-state index contributed by atoms with van der Waals surface area (Å²) in [7, 11) is 0. The van der Waals surface area contributed by atoms with Crippen LogP contribution in [0.25, 0.3) is 0 Å². The van der Waals surface area contributed by atoms with Crippen molar-refractivity contribution in [2.45, 2.75) is 197 Å². The average Bonchev–Trinajstić information content (AvgIpc) is 1.03. The number of anilines is 2. The Bertz CT molecular complexity index is 3590. The third-order valence-electron chi connectivity index (χ3n) is 15.7. The van der Waals surface area contributed by atoms with Crippen LogP contribution in [0.5, 0.6) is 24.0 Å². The number of hydrogen-bond acceptors (Lipinski definition) is 12. The smallest absolute Gasteiger partial charge is 0.385 e. The molecule has 1 aliphatic rings. The third kappa shape index (κ3) is 16.5. The standard InChI is InChI=1S/C47H20F66N8O4/c48-9(49)24(66,67)32(82,83)40(98,99)44(106,107)36(90,91)28(74,75)20(58,59)5-122-15-114-13(115-16(118-15)123-6-21(60,61)29(76,77)37(92,93)45(108,109)41(100,101)33(84,85)25(68,69)10(50)51)120-1-2-121(4-19(56,57)3-120)14-116-17(124-7-22(62,63)30(78,79)38(94,95)46(110,111)42(102,103)34(86,87)26(70,71)11(52)53)119-18(117-14)125-8-23(64,65)31(80,81)39(96,97)47(112,113)43(104,105)35(88,89)27(72,73)12(54)55/h9-12H,1-8H2. The van der Waals surface area contributed by atoms with Gasteiger partial charge in [-0.2, -0.15) is 266 Å². The molecule has 1 fully saturated rings. The van der Waals surface area contributed by atoms with Crippen molar-refractivity contribution in [3.05, 3.63) is 0 Å². The number of halogens is 66. The number of alkyl halides is 66. The Morgan fingerprint density at radius 3 is 0.472 bits per heavy atom. The summed E-state index contributed by atoms with van der Waals surface area (Å²) in [5, 5.41) is 0. The number of rotatable bonds is 42. The van der Waals surface area contributed by atoms with Crippen LogP contribution in [-0.4, -0.2) is 280 Å². The summed E-state index contributed by atoms with van der Waals surface area (Å²) in [6.07, 6.45) is -26.1. The summed E-state index contributed by atoms with van der Waals surface area (Å²) in [4.78, 5) is 10.6. The molecule has 12 nitrogen and oxygen atoms in total. The van der Waals surface area contributed by atoms with Gasteiger partial charge in [-0.1, -0.05) is 0 Å². The molecule has 3 heterocycles. The predicted molar refractivity (Wildman–Crippen MR) is 254 cm³/mol. The van der Waals surface area contributed by atoms with Gasteiger partial charge in [0.05, 0.1) is 13.1 Å². The highest BCUT2D eigenvalue weighted by Gasteiger charge is 2.99. The van der Waals surface area contributed by atoms with Crippen LogP contribution >= 0.6 is 0 Å². The first-order valence-corrected chi connectivity index (χ1v) is 28.8. The highest BCUT2D eigenvalue weighted by Crippen LogP contribution is 2.69. The van der Waals surface area contributed by atoms with Gasteiger partial charge in [0.1, 0.15) is 0 Å². The van der Waals surface area contributed by atoms with Crippen LogP contribution in [0.15, 0.2) is 0 Å². The van der Waals surface area contributed by atoms with Crippen molar-refractivity contribution in [2.24, 2.45) is 0 Å². The number of ether oxygens (including phenoxy) is 4. The molecule has 0 N–H and O–H groups in total. The zero-order valence-corrected chi connectivity index (χ0v) is 55.6. The van der Waals surface area contributed by atoms with E-state index in [1.54, 1.807) is 0 Å². The first-order chi connectivity index (χ1) is 54.2. The van der Waals surface area contributed by atoms with Crippen molar-refractivity contribution in [3.8, 4) is 24.0 Å². The van der Waals surface area contributed by atoms with E-state index in [1.165, 1.54) is 0 Å². The van der Waals surface area contributed by atoms with Gasteiger partial charge >= 0.3 is 216 Å². The van der Waals surface area contributed by atoms with Gasteiger partial charge in [-0.3, -0.25) is 0 Å². The zero-order valence-electron chi connectivity index (χ0n) is 55.6. The minimum Gasteiger partial charge on any atom is -0.457 e. The van der Waals surface area contributed by atoms with Gasteiger partial charge in [-0.25, -0.2) is 43.9 Å². The van der Waals surface area contributed by atoms with E-state index in [0.29, 0.717) is 0 Å². The Kier molecular flexibility index (Phi) is 28.3. The molecular formula is C47H20F66N8O4. The fraction of sp³-hybridized carbons (Fsp3) is 0.872. The molecule has 0 bridgehead atoms. The number of aromatic nitrogens is 6. The van der Waals surface area contributed by atoms with Crippen LogP contribution < -0.4 is 28.7 Å². The Hall–Kier alpha value is -7.80. The van der Waals surface area contributed by atoms with Crippen molar-refractivity contribution in [1.82, 2.24) is 29.9 Å². The van der Waals surface area contributed by atoms with Gasteiger partial charge in [0.15, 0.2) is 26.4 Å². The predicted octanol–water partition coefficient (Wildman–Crippen LogP) is 20.4. The Labute approximate surface area is 635 Å². The summed E-state index contributed by atoms with van der Waals surface area (Å²) < 4.78 is 946. The molecule has 0 saturated carbocycles. The third-order valence-corrected chi connectivity index (χ3v) is 15.7. The van der Waals surface area contributed by atoms with E-state index in [1.807, 2.05) is 9.97 Å². The summed E-state index contributed by atoms with van der Waals surface area (Å²) in [6.45, 7) is -29.5. The van der Waals surface area contributed by atoms with E-state index in [4.69, 9.17) is 0 Å². The van der Waals surface area contributed by atoms with Gasteiger partial charge in [0, 0.05) is 13.1 Å². The van der Waals surface area contributed by atoms with Crippen LogP contribution in [0, 0.1) is 0 Å². The minimum absolute atomic E-state index is 1.07. The maximum Gasteiger partial charge on any atom is 0.385 e. The lowest BCUT2D eigenvalue weighted by Gasteiger charge is -2.42. The Balaban J connectivity index is 2.52. The number of hydrogen-bond donors (Lipinski definition) is 0. The molecule has 3 rings (SSSR count). The molecule has 0 unspecified atom stereocenters. The summed E-state index contributed by atoms with van der Waals surface area (Å²) in [5.41, 5.74) is 0. The second kappa shape index (κ2) is 31.8. The van der Waals surface area contributed by atoms with E-state index >= 15 is 43.9 Å². The molecule has 125 heavy (non-hydrogen) atoms. The van der Waals surface area contributed by atoms with Crippen molar-refractivity contribution in [3.63, 3.8) is 0 Å². The normalized spacial score (nSPS) is 17.2. The average molecular weight is 2010 g/mol. The van der Waals surface area contributed by atoms with Crippen molar-refractivity contribution in [1.29, 1.82) is 0 Å². The molecule has 1 aliphatic heterocycles. The monoisotopic (exact) mass is 2010 g/mol. The minimum atomic E-state index is -9.43. The van der Waals surface area contributed by atoms with E-state index in [-0.39, 0.29) is 0 Å². The molecule has 2 aromatic heterocycles.